The van der Waals surface area contributed by atoms with Crippen LogP contribution in [0.1, 0.15) is 39.5 Å². The molecule has 0 aromatic carbocycles. The predicted octanol–water partition coefficient (Wildman–Crippen LogP) is 1.65. The first kappa shape index (κ1) is 14.7. The number of ether oxygens (including phenoxy) is 1. The minimum atomic E-state index is -1.27. The van der Waals surface area contributed by atoms with Gasteiger partial charge in [0.1, 0.15) is 5.41 Å². The first-order valence-electron chi connectivity index (χ1n) is 6.18. The van der Waals surface area contributed by atoms with Gasteiger partial charge in [-0.15, -0.1) is 0 Å². The maximum atomic E-state index is 12.4. The van der Waals surface area contributed by atoms with E-state index in [2.05, 4.69) is 4.74 Å². The molecule has 0 aliphatic heterocycles. The van der Waals surface area contributed by atoms with Gasteiger partial charge in [-0.05, 0) is 26.7 Å². The van der Waals surface area contributed by atoms with Crippen LogP contribution in [0.3, 0.4) is 0 Å². The lowest BCUT2D eigenvalue weighted by Gasteiger charge is -2.32. The van der Waals surface area contributed by atoms with E-state index in [4.69, 9.17) is 5.11 Å². The summed E-state index contributed by atoms with van der Waals surface area (Å²) in [5.74, 6) is -3.13. The molecular weight excluding hydrogens is 236 g/mol. The normalized spacial score (nSPS) is 24.4. The second kappa shape index (κ2) is 5.50. The SMILES string of the molecule is COC(=O)C(C)(C)C(=O)C1CCCCC1C(=O)O. The van der Waals surface area contributed by atoms with E-state index in [0.717, 1.165) is 12.8 Å². The van der Waals surface area contributed by atoms with Gasteiger partial charge in [0.25, 0.3) is 0 Å². The maximum absolute atomic E-state index is 12.4. The Hall–Kier alpha value is -1.39. The summed E-state index contributed by atoms with van der Waals surface area (Å²) in [6.07, 6.45) is 2.69. The molecule has 0 heterocycles. The van der Waals surface area contributed by atoms with E-state index in [1.807, 2.05) is 0 Å². The van der Waals surface area contributed by atoms with E-state index in [9.17, 15) is 14.4 Å². The molecule has 0 aromatic heterocycles. The lowest BCUT2D eigenvalue weighted by Crippen LogP contribution is -2.43. The fraction of sp³-hybridized carbons (Fsp3) is 0.769. The topological polar surface area (TPSA) is 80.7 Å². The van der Waals surface area contributed by atoms with Crippen LogP contribution in [0.25, 0.3) is 0 Å². The summed E-state index contributed by atoms with van der Waals surface area (Å²) < 4.78 is 4.62. The van der Waals surface area contributed by atoms with Gasteiger partial charge in [-0.3, -0.25) is 14.4 Å². The smallest absolute Gasteiger partial charge is 0.318 e. The molecule has 1 rings (SSSR count). The summed E-state index contributed by atoms with van der Waals surface area (Å²) in [5.41, 5.74) is -1.27. The molecule has 18 heavy (non-hydrogen) atoms. The molecule has 1 aliphatic rings. The van der Waals surface area contributed by atoms with Crippen LogP contribution < -0.4 is 0 Å². The quantitative estimate of drug-likeness (QED) is 0.611. The van der Waals surface area contributed by atoms with Gasteiger partial charge in [-0.25, -0.2) is 0 Å². The van der Waals surface area contributed by atoms with E-state index in [1.54, 1.807) is 0 Å². The number of methoxy groups -OCH3 is 1. The zero-order valence-corrected chi connectivity index (χ0v) is 11.1. The summed E-state index contributed by atoms with van der Waals surface area (Å²) in [6.45, 7) is 2.99. The number of rotatable bonds is 4. The van der Waals surface area contributed by atoms with Crippen LogP contribution in [0, 0.1) is 17.3 Å². The van der Waals surface area contributed by atoms with Gasteiger partial charge in [-0.1, -0.05) is 12.8 Å². The third kappa shape index (κ3) is 2.71. The Morgan fingerprint density at radius 1 is 1.11 bits per heavy atom. The molecule has 1 N–H and O–H groups in total. The van der Waals surface area contributed by atoms with Gasteiger partial charge in [-0.2, -0.15) is 0 Å². The Kier molecular flexibility index (Phi) is 4.48. The van der Waals surface area contributed by atoms with Crippen molar-refractivity contribution in [3.05, 3.63) is 0 Å². The standard InChI is InChI=1S/C13H20O5/c1-13(2,12(17)18-3)10(14)8-6-4-5-7-9(8)11(15)16/h8-9H,4-7H2,1-3H3,(H,15,16). The summed E-state index contributed by atoms with van der Waals surface area (Å²) in [4.78, 5) is 35.1. The molecule has 0 spiro atoms. The van der Waals surface area contributed by atoms with Gasteiger partial charge >= 0.3 is 11.9 Å². The Bertz CT molecular complexity index is 358. The highest BCUT2D eigenvalue weighted by Crippen LogP contribution is 2.36. The number of Topliss-reactive ketones (excluding diaryl/α,β-unsaturated/α-hetero) is 1. The number of ketones is 1. The van der Waals surface area contributed by atoms with Crippen molar-refractivity contribution in [3.8, 4) is 0 Å². The molecule has 0 bridgehead atoms. The van der Waals surface area contributed by atoms with Crippen molar-refractivity contribution in [2.45, 2.75) is 39.5 Å². The highest BCUT2D eigenvalue weighted by atomic mass is 16.5. The molecular formula is C13H20O5. The largest absolute Gasteiger partial charge is 0.481 e. The van der Waals surface area contributed by atoms with Crippen LogP contribution >= 0.6 is 0 Å². The van der Waals surface area contributed by atoms with Crippen LogP contribution in [0.2, 0.25) is 0 Å². The van der Waals surface area contributed by atoms with Crippen LogP contribution in [-0.4, -0.2) is 29.9 Å². The Labute approximate surface area is 107 Å². The van der Waals surface area contributed by atoms with Crippen molar-refractivity contribution < 1.29 is 24.2 Å². The number of aliphatic carboxylic acids is 1. The molecule has 1 aliphatic carbocycles. The molecule has 2 unspecified atom stereocenters. The molecule has 1 fully saturated rings. The number of hydrogen-bond donors (Lipinski definition) is 1. The predicted molar refractivity (Wildman–Crippen MR) is 63.9 cm³/mol. The van der Waals surface area contributed by atoms with Crippen LogP contribution in [0.4, 0.5) is 0 Å². The molecule has 5 heteroatoms. The van der Waals surface area contributed by atoms with Crippen molar-refractivity contribution in [2.75, 3.05) is 7.11 Å². The maximum Gasteiger partial charge on any atom is 0.318 e. The van der Waals surface area contributed by atoms with Gasteiger partial charge in [0.2, 0.25) is 0 Å². The van der Waals surface area contributed by atoms with Crippen molar-refractivity contribution in [1.29, 1.82) is 0 Å². The van der Waals surface area contributed by atoms with Gasteiger partial charge < -0.3 is 9.84 Å². The minimum absolute atomic E-state index is 0.318. The van der Waals surface area contributed by atoms with E-state index >= 15 is 0 Å². The van der Waals surface area contributed by atoms with E-state index in [1.165, 1.54) is 21.0 Å². The highest BCUT2D eigenvalue weighted by molar-refractivity contribution is 6.05. The summed E-state index contributed by atoms with van der Waals surface area (Å²) in [7, 11) is 1.23. The summed E-state index contributed by atoms with van der Waals surface area (Å²) >= 11 is 0. The molecule has 5 nitrogen and oxygen atoms in total. The van der Waals surface area contributed by atoms with Crippen molar-refractivity contribution in [3.63, 3.8) is 0 Å². The van der Waals surface area contributed by atoms with Crippen LogP contribution in [0.15, 0.2) is 0 Å². The lowest BCUT2D eigenvalue weighted by molar-refractivity contribution is -0.161. The van der Waals surface area contributed by atoms with Crippen molar-refractivity contribution in [2.24, 2.45) is 17.3 Å². The molecule has 0 amide bonds. The number of esters is 1. The number of hydrogen-bond acceptors (Lipinski definition) is 4. The summed E-state index contributed by atoms with van der Waals surface area (Å²) in [5, 5.41) is 9.15. The van der Waals surface area contributed by atoms with Crippen molar-refractivity contribution >= 4 is 17.7 Å². The van der Waals surface area contributed by atoms with Gasteiger partial charge in [0.15, 0.2) is 5.78 Å². The average molecular weight is 256 g/mol. The first-order chi connectivity index (χ1) is 8.32. The van der Waals surface area contributed by atoms with E-state index in [0.29, 0.717) is 12.8 Å². The monoisotopic (exact) mass is 256 g/mol. The fourth-order valence-corrected chi connectivity index (χ4v) is 2.56. The van der Waals surface area contributed by atoms with Crippen LogP contribution in [0.5, 0.6) is 0 Å². The third-order valence-corrected chi connectivity index (χ3v) is 3.73. The molecule has 0 saturated heterocycles. The average Bonchev–Trinajstić information content (AvgIpc) is 2.36. The highest BCUT2D eigenvalue weighted by Gasteiger charge is 2.46. The number of carbonyl (C=O) groups is 3. The van der Waals surface area contributed by atoms with Crippen molar-refractivity contribution in [1.82, 2.24) is 0 Å². The second-order valence-electron chi connectivity index (χ2n) is 5.32. The number of carboxylic acids is 1. The lowest BCUT2D eigenvalue weighted by atomic mass is 9.70. The Morgan fingerprint density at radius 2 is 1.61 bits per heavy atom. The summed E-state index contributed by atoms with van der Waals surface area (Å²) in [6, 6.07) is 0. The van der Waals surface area contributed by atoms with Crippen LogP contribution in [-0.2, 0) is 19.1 Å². The first-order valence-corrected chi connectivity index (χ1v) is 6.18. The molecule has 0 aromatic rings. The molecule has 1 saturated carbocycles. The van der Waals surface area contributed by atoms with Gasteiger partial charge in [0.05, 0.1) is 13.0 Å². The van der Waals surface area contributed by atoms with E-state index in [-0.39, 0.29) is 5.78 Å². The zero-order valence-electron chi connectivity index (χ0n) is 11.1. The zero-order chi connectivity index (χ0) is 13.9. The third-order valence-electron chi connectivity index (χ3n) is 3.73. The minimum Gasteiger partial charge on any atom is -0.481 e. The molecule has 2 atom stereocenters. The fourth-order valence-electron chi connectivity index (χ4n) is 2.56. The second-order valence-corrected chi connectivity index (χ2v) is 5.32. The van der Waals surface area contributed by atoms with E-state index < -0.39 is 29.2 Å². The Morgan fingerprint density at radius 3 is 2.06 bits per heavy atom. The number of carboxylic acid groups (broad SMARTS) is 1. The van der Waals surface area contributed by atoms with Gasteiger partial charge in [0, 0.05) is 5.92 Å². The molecule has 102 valence electrons. The number of carbonyl (C=O) groups excluding carboxylic acids is 2. The Balaban J connectivity index is 2.93. The molecule has 0 radical (unpaired) electrons.